The Hall–Kier alpha value is -3.12. The molecule has 0 bridgehead atoms. The smallest absolute Gasteiger partial charge is 0.0125 e. The Labute approximate surface area is 249 Å². The van der Waals surface area contributed by atoms with Gasteiger partial charge in [0.15, 0.2) is 0 Å². The van der Waals surface area contributed by atoms with E-state index in [1.807, 2.05) is 19.9 Å². The van der Waals surface area contributed by atoms with Gasteiger partial charge in [0.25, 0.3) is 0 Å². The van der Waals surface area contributed by atoms with Gasteiger partial charge in [-0.05, 0) is 86.3 Å². The van der Waals surface area contributed by atoms with Crippen molar-refractivity contribution in [3.05, 3.63) is 126 Å². The minimum atomic E-state index is 1.06. The third-order valence-corrected chi connectivity index (χ3v) is 6.50. The molecular formula is C40H58. The fourth-order valence-corrected chi connectivity index (χ4v) is 4.18. The summed E-state index contributed by atoms with van der Waals surface area (Å²) >= 11 is 0. The van der Waals surface area contributed by atoms with Crippen molar-refractivity contribution in [2.75, 3.05) is 0 Å². The van der Waals surface area contributed by atoms with Gasteiger partial charge in [-0.15, -0.1) is 0 Å². The molecule has 1 saturated carbocycles. The van der Waals surface area contributed by atoms with Crippen molar-refractivity contribution in [3.63, 3.8) is 0 Å². The molecule has 3 rings (SSSR count). The van der Waals surface area contributed by atoms with Crippen LogP contribution >= 0.6 is 0 Å². The molecule has 0 aromatic heterocycles. The molecule has 0 unspecified atom stereocenters. The third kappa shape index (κ3) is 16.8. The zero-order chi connectivity index (χ0) is 30.3. The van der Waals surface area contributed by atoms with Crippen LogP contribution in [0.3, 0.4) is 0 Å². The first-order valence-electron chi connectivity index (χ1n) is 15.3. The summed E-state index contributed by atoms with van der Waals surface area (Å²) in [7, 11) is 0. The first-order valence-corrected chi connectivity index (χ1v) is 15.3. The van der Waals surface area contributed by atoms with E-state index < -0.39 is 0 Å². The van der Waals surface area contributed by atoms with Crippen LogP contribution in [-0.2, 0) is 6.42 Å². The summed E-state index contributed by atoms with van der Waals surface area (Å²) in [5, 5.41) is 0. The van der Waals surface area contributed by atoms with Crippen LogP contribution in [0.2, 0.25) is 0 Å². The fourth-order valence-electron chi connectivity index (χ4n) is 4.18. The van der Waals surface area contributed by atoms with Gasteiger partial charge in [0, 0.05) is 0 Å². The monoisotopic (exact) mass is 538 g/mol. The molecule has 0 atom stereocenters. The molecule has 1 fully saturated rings. The number of hydrogen-bond acceptors (Lipinski definition) is 0. The number of benzene rings is 2. The summed E-state index contributed by atoms with van der Waals surface area (Å²) in [4.78, 5) is 0. The Morgan fingerprint density at radius 2 is 1.52 bits per heavy atom. The predicted octanol–water partition coefficient (Wildman–Crippen LogP) is 13.0. The summed E-state index contributed by atoms with van der Waals surface area (Å²) in [6, 6.07) is 13.7. The number of hydrogen-bond donors (Lipinski definition) is 0. The normalized spacial score (nSPS) is 12.7. The van der Waals surface area contributed by atoms with Gasteiger partial charge in [-0.2, -0.15) is 0 Å². The predicted molar refractivity (Wildman–Crippen MR) is 186 cm³/mol. The van der Waals surface area contributed by atoms with E-state index in [9.17, 15) is 0 Å². The van der Waals surface area contributed by atoms with Gasteiger partial charge >= 0.3 is 0 Å². The number of allylic oxidation sites excluding steroid dienone is 8. The second-order valence-electron chi connectivity index (χ2n) is 10.6. The Morgan fingerprint density at radius 3 is 2.02 bits per heavy atom. The molecule has 0 saturated heterocycles. The van der Waals surface area contributed by atoms with Crippen LogP contribution in [0.1, 0.15) is 102 Å². The van der Waals surface area contributed by atoms with Crippen LogP contribution in [0.25, 0.3) is 17.2 Å². The Bertz CT molecular complexity index is 1070. The van der Waals surface area contributed by atoms with Crippen LogP contribution in [0, 0.1) is 19.8 Å². The van der Waals surface area contributed by atoms with Crippen molar-refractivity contribution in [2.45, 2.75) is 100 Å². The topological polar surface area (TPSA) is 0 Å². The minimum absolute atomic E-state index is 1.06. The lowest BCUT2D eigenvalue weighted by Crippen LogP contribution is -1.93. The molecule has 218 valence electrons. The molecule has 40 heavy (non-hydrogen) atoms. The molecule has 0 radical (unpaired) electrons. The van der Waals surface area contributed by atoms with E-state index in [0.29, 0.717) is 0 Å². The van der Waals surface area contributed by atoms with Crippen LogP contribution < -0.4 is 0 Å². The highest BCUT2D eigenvalue weighted by atomic mass is 14.2. The van der Waals surface area contributed by atoms with Crippen molar-refractivity contribution in [3.8, 4) is 11.1 Å². The molecule has 2 aromatic carbocycles. The highest BCUT2D eigenvalue weighted by Gasteiger charge is 2.12. The van der Waals surface area contributed by atoms with E-state index in [0.717, 1.165) is 25.2 Å². The molecule has 0 spiro atoms. The fraction of sp³-hybridized carbons (Fsp3) is 0.400. The molecular weight excluding hydrogens is 480 g/mol. The van der Waals surface area contributed by atoms with E-state index in [1.54, 1.807) is 12.2 Å². The third-order valence-electron chi connectivity index (χ3n) is 6.50. The Kier molecular flexibility index (Phi) is 20.9. The van der Waals surface area contributed by atoms with E-state index >= 15 is 0 Å². The summed E-state index contributed by atoms with van der Waals surface area (Å²) in [6.07, 6.45) is 22.8. The summed E-state index contributed by atoms with van der Waals surface area (Å²) in [5.41, 5.74) is 10.8. The molecule has 2 aromatic rings. The second-order valence-corrected chi connectivity index (χ2v) is 10.6. The molecule has 0 nitrogen and oxygen atoms in total. The summed E-state index contributed by atoms with van der Waals surface area (Å²) in [5.74, 6) is 1.08. The average molecular weight is 539 g/mol. The van der Waals surface area contributed by atoms with Gasteiger partial charge in [0.1, 0.15) is 0 Å². The van der Waals surface area contributed by atoms with Crippen molar-refractivity contribution >= 4 is 6.08 Å². The maximum Gasteiger partial charge on any atom is -0.0125 e. The standard InChI is InChI=1S/C30H38.C4H8.C4H6.C2H6/c1-7-9-10-11-14-28-20-25(5)30(26(6)21-28)29-16-12-15-27(22-29)18-17-24(4)19-23(3)13-8-2;1-4-2-3-4;1-3-4-2;1-2/h8,11-16,19-22H,2,7,9-10,17-18H2,1,3-6H3;4H,2-3H2,1H3;3-4H,1-2H2;1-2H3/b14-11-,23-13-,24-19+;;;. The van der Waals surface area contributed by atoms with Gasteiger partial charge in [-0.3, -0.25) is 0 Å². The molecule has 1 aliphatic carbocycles. The average Bonchev–Trinajstić information content (AvgIpc) is 3.73. The van der Waals surface area contributed by atoms with Crippen molar-refractivity contribution in [2.24, 2.45) is 5.92 Å². The molecule has 0 aliphatic heterocycles. The van der Waals surface area contributed by atoms with Crippen LogP contribution in [0.15, 0.2) is 104 Å². The summed E-state index contributed by atoms with van der Waals surface area (Å²) < 4.78 is 0. The lowest BCUT2D eigenvalue weighted by Gasteiger charge is -2.13. The largest absolute Gasteiger partial charge is 0.0991 e. The zero-order valence-corrected chi connectivity index (χ0v) is 27.2. The van der Waals surface area contributed by atoms with E-state index in [1.165, 1.54) is 70.2 Å². The molecule has 1 aliphatic rings. The van der Waals surface area contributed by atoms with Gasteiger partial charge in [-0.25, -0.2) is 0 Å². The van der Waals surface area contributed by atoms with Crippen LogP contribution in [0.4, 0.5) is 0 Å². The lowest BCUT2D eigenvalue weighted by molar-refractivity contribution is 0.816. The van der Waals surface area contributed by atoms with E-state index in [4.69, 9.17) is 0 Å². The summed E-state index contributed by atoms with van der Waals surface area (Å²) in [6.45, 7) is 27.8. The van der Waals surface area contributed by atoms with E-state index in [2.05, 4.69) is 122 Å². The number of aryl methyl sites for hydroxylation is 3. The van der Waals surface area contributed by atoms with Gasteiger partial charge in [0.2, 0.25) is 0 Å². The van der Waals surface area contributed by atoms with Crippen LogP contribution in [-0.4, -0.2) is 0 Å². The maximum atomic E-state index is 3.77. The highest BCUT2D eigenvalue weighted by Crippen LogP contribution is 2.30. The molecule has 0 heteroatoms. The SMILES string of the molecule is C=C/C=C(C)\C=C(/C)CCc1cccc(-c2c(C)cc(/C=C\CCCC)cc2C)c1.C=CC=C.CC.CC1CC1. The van der Waals surface area contributed by atoms with Crippen molar-refractivity contribution < 1.29 is 0 Å². The van der Waals surface area contributed by atoms with Crippen LogP contribution in [0.5, 0.6) is 0 Å². The first kappa shape index (κ1) is 36.9. The Morgan fingerprint density at radius 1 is 0.925 bits per heavy atom. The van der Waals surface area contributed by atoms with Gasteiger partial charge < -0.3 is 0 Å². The molecule has 0 heterocycles. The van der Waals surface area contributed by atoms with Gasteiger partial charge in [-0.1, -0.05) is 163 Å². The Balaban J connectivity index is 0.00000130. The molecule has 0 amide bonds. The van der Waals surface area contributed by atoms with Gasteiger partial charge in [0.05, 0.1) is 0 Å². The highest BCUT2D eigenvalue weighted by molar-refractivity contribution is 5.73. The first-order chi connectivity index (χ1) is 19.2. The molecule has 0 N–H and O–H groups in total. The number of unbranched alkanes of at least 4 members (excludes halogenated alkanes) is 2. The van der Waals surface area contributed by atoms with E-state index in [-0.39, 0.29) is 0 Å². The maximum absolute atomic E-state index is 3.77. The minimum Gasteiger partial charge on any atom is -0.0991 e. The van der Waals surface area contributed by atoms with Crippen molar-refractivity contribution in [1.29, 1.82) is 0 Å². The quantitative estimate of drug-likeness (QED) is 0.197. The second kappa shape index (κ2) is 22.7. The zero-order valence-electron chi connectivity index (χ0n) is 27.2. The van der Waals surface area contributed by atoms with Crippen molar-refractivity contribution in [1.82, 2.24) is 0 Å². The number of rotatable bonds is 11. The lowest BCUT2D eigenvalue weighted by atomic mass is 9.91.